The summed E-state index contributed by atoms with van der Waals surface area (Å²) in [6.07, 6.45) is 2.85. The second-order valence-corrected chi connectivity index (χ2v) is 5.10. The molecular formula is C16H24N2O3. The van der Waals surface area contributed by atoms with Gasteiger partial charge in [0, 0.05) is 25.2 Å². The summed E-state index contributed by atoms with van der Waals surface area (Å²) in [7, 11) is 0. The number of nitrogens with two attached hydrogens (primary N) is 1. The van der Waals surface area contributed by atoms with E-state index < -0.39 is 5.97 Å². The second-order valence-electron chi connectivity index (χ2n) is 5.10. The summed E-state index contributed by atoms with van der Waals surface area (Å²) in [4.78, 5) is 24.8. The van der Waals surface area contributed by atoms with Crippen molar-refractivity contribution < 1.29 is 14.7 Å². The number of rotatable bonds is 8. The molecule has 0 aliphatic carbocycles. The van der Waals surface area contributed by atoms with Gasteiger partial charge in [-0.15, -0.1) is 0 Å². The highest BCUT2D eigenvalue weighted by atomic mass is 16.4. The van der Waals surface area contributed by atoms with Gasteiger partial charge in [0.15, 0.2) is 0 Å². The molecule has 1 amide bonds. The quantitative estimate of drug-likeness (QED) is 0.721. The molecule has 0 aliphatic heterocycles. The minimum absolute atomic E-state index is 0.146. The van der Waals surface area contributed by atoms with Crippen molar-refractivity contribution in [3.05, 3.63) is 29.3 Å². The Balaban J connectivity index is 2.77. The molecule has 0 atom stereocenters. The monoisotopic (exact) mass is 292 g/mol. The largest absolute Gasteiger partial charge is 0.478 e. The molecule has 3 N–H and O–H groups in total. The highest BCUT2D eigenvalue weighted by Gasteiger charge is 2.13. The highest BCUT2D eigenvalue weighted by Crippen LogP contribution is 2.16. The number of carbonyl (C=O) groups is 2. The van der Waals surface area contributed by atoms with Crippen LogP contribution in [0.5, 0.6) is 0 Å². The molecular weight excluding hydrogens is 268 g/mol. The maximum absolute atomic E-state index is 12.0. The lowest BCUT2D eigenvalue weighted by atomic mass is 10.1. The Morgan fingerprint density at radius 3 is 2.48 bits per heavy atom. The van der Waals surface area contributed by atoms with Gasteiger partial charge in [-0.2, -0.15) is 0 Å². The molecule has 5 heteroatoms. The van der Waals surface area contributed by atoms with Crippen LogP contribution in [0, 0.1) is 0 Å². The molecule has 0 saturated heterocycles. The Bertz CT molecular complexity index is 500. The molecule has 116 valence electrons. The van der Waals surface area contributed by atoms with E-state index in [1.807, 2.05) is 18.7 Å². The molecule has 0 fully saturated rings. The maximum Gasteiger partial charge on any atom is 0.335 e. The highest BCUT2D eigenvalue weighted by molar-refractivity contribution is 5.88. The molecule has 0 bridgehead atoms. The van der Waals surface area contributed by atoms with Crippen LogP contribution in [0.2, 0.25) is 0 Å². The van der Waals surface area contributed by atoms with Crippen molar-refractivity contribution in [3.63, 3.8) is 0 Å². The Labute approximate surface area is 125 Å². The zero-order chi connectivity index (χ0) is 15.8. The average molecular weight is 292 g/mol. The number of aromatic carboxylic acids is 1. The third-order valence-corrected chi connectivity index (χ3v) is 3.35. The van der Waals surface area contributed by atoms with E-state index >= 15 is 0 Å². The van der Waals surface area contributed by atoms with Crippen molar-refractivity contribution in [1.29, 1.82) is 0 Å². The van der Waals surface area contributed by atoms with Gasteiger partial charge in [-0.05, 0) is 43.0 Å². The first-order valence-corrected chi connectivity index (χ1v) is 7.39. The zero-order valence-corrected chi connectivity index (χ0v) is 12.8. The number of carboxylic acids is 1. The summed E-state index contributed by atoms with van der Waals surface area (Å²) in [5, 5.41) is 9.01. The lowest BCUT2D eigenvalue weighted by Crippen LogP contribution is -2.33. The van der Waals surface area contributed by atoms with E-state index in [0.29, 0.717) is 25.1 Å². The van der Waals surface area contributed by atoms with Crippen LogP contribution >= 0.6 is 0 Å². The molecule has 0 saturated carbocycles. The molecule has 0 radical (unpaired) electrons. The zero-order valence-electron chi connectivity index (χ0n) is 12.8. The van der Waals surface area contributed by atoms with Gasteiger partial charge in [0.05, 0.1) is 5.56 Å². The van der Waals surface area contributed by atoms with Crippen LogP contribution in [-0.2, 0) is 11.2 Å². The summed E-state index contributed by atoms with van der Waals surface area (Å²) < 4.78 is 0. The fourth-order valence-electron chi connectivity index (χ4n) is 2.21. The number of amides is 1. The summed E-state index contributed by atoms with van der Waals surface area (Å²) in [6.45, 7) is 5.30. The number of carbonyl (C=O) groups excluding carboxylic acids is 1. The molecule has 1 aromatic rings. The Morgan fingerprint density at radius 2 is 1.90 bits per heavy atom. The van der Waals surface area contributed by atoms with E-state index in [9.17, 15) is 9.59 Å². The molecule has 1 rings (SSSR count). The third-order valence-electron chi connectivity index (χ3n) is 3.35. The van der Waals surface area contributed by atoms with Crippen molar-refractivity contribution in [2.24, 2.45) is 0 Å². The summed E-state index contributed by atoms with van der Waals surface area (Å²) >= 11 is 0. The molecule has 0 unspecified atom stereocenters. The van der Waals surface area contributed by atoms with E-state index in [1.54, 1.807) is 12.1 Å². The second kappa shape index (κ2) is 8.29. The van der Waals surface area contributed by atoms with Crippen LogP contribution < -0.4 is 5.73 Å². The van der Waals surface area contributed by atoms with Gasteiger partial charge in [0.2, 0.25) is 5.91 Å². The minimum Gasteiger partial charge on any atom is -0.478 e. The van der Waals surface area contributed by atoms with E-state index in [1.165, 1.54) is 6.07 Å². The molecule has 0 aliphatic rings. The molecule has 0 spiro atoms. The van der Waals surface area contributed by atoms with Gasteiger partial charge in [-0.3, -0.25) is 4.79 Å². The third kappa shape index (κ3) is 5.10. The molecule has 1 aromatic carbocycles. The lowest BCUT2D eigenvalue weighted by Gasteiger charge is -2.22. The average Bonchev–Trinajstić information content (AvgIpc) is 2.44. The summed E-state index contributed by atoms with van der Waals surface area (Å²) in [6, 6.07) is 4.69. The first kappa shape index (κ1) is 17.0. The van der Waals surface area contributed by atoms with Gasteiger partial charge < -0.3 is 15.7 Å². The van der Waals surface area contributed by atoms with Crippen LogP contribution in [0.4, 0.5) is 5.69 Å². The molecule has 5 nitrogen and oxygen atoms in total. The number of nitrogen functional groups attached to an aromatic ring is 1. The first-order valence-electron chi connectivity index (χ1n) is 7.39. The number of benzene rings is 1. The number of hydrogen-bond acceptors (Lipinski definition) is 3. The Kier molecular flexibility index (Phi) is 6.72. The van der Waals surface area contributed by atoms with E-state index in [0.717, 1.165) is 24.9 Å². The standard InChI is InChI=1S/C16H24N2O3/c1-3-5-15(19)18(9-4-2)10-8-12-11-13(16(20)21)6-7-14(12)17/h6-7,11H,3-5,8-10,17H2,1-2H3,(H,20,21). The van der Waals surface area contributed by atoms with Crippen LogP contribution in [0.1, 0.15) is 49.0 Å². The fraction of sp³-hybridized carbons (Fsp3) is 0.500. The van der Waals surface area contributed by atoms with Gasteiger partial charge in [-0.1, -0.05) is 13.8 Å². The molecule has 21 heavy (non-hydrogen) atoms. The topological polar surface area (TPSA) is 83.6 Å². The SMILES string of the molecule is CCCC(=O)N(CCC)CCc1cc(C(=O)O)ccc1N. The van der Waals surface area contributed by atoms with Crippen molar-refractivity contribution in [3.8, 4) is 0 Å². The number of hydrogen-bond donors (Lipinski definition) is 2. The van der Waals surface area contributed by atoms with Gasteiger partial charge >= 0.3 is 5.97 Å². The van der Waals surface area contributed by atoms with Crippen LogP contribution in [0.25, 0.3) is 0 Å². The fourth-order valence-corrected chi connectivity index (χ4v) is 2.21. The number of anilines is 1. The summed E-state index contributed by atoms with van der Waals surface area (Å²) in [5.74, 6) is -0.823. The summed E-state index contributed by atoms with van der Waals surface area (Å²) in [5.41, 5.74) is 7.46. The van der Waals surface area contributed by atoms with Crippen LogP contribution in [-0.4, -0.2) is 35.0 Å². The minimum atomic E-state index is -0.969. The number of carboxylic acid groups (broad SMARTS) is 1. The van der Waals surface area contributed by atoms with Crippen LogP contribution in [0.15, 0.2) is 18.2 Å². The van der Waals surface area contributed by atoms with Gasteiger partial charge in [0.1, 0.15) is 0 Å². The smallest absolute Gasteiger partial charge is 0.335 e. The van der Waals surface area contributed by atoms with Crippen molar-refractivity contribution in [2.45, 2.75) is 39.5 Å². The predicted octanol–water partition coefficient (Wildman–Crippen LogP) is 2.55. The predicted molar refractivity (Wildman–Crippen MR) is 83.3 cm³/mol. The van der Waals surface area contributed by atoms with Gasteiger partial charge in [-0.25, -0.2) is 4.79 Å². The van der Waals surface area contributed by atoms with Crippen molar-refractivity contribution in [1.82, 2.24) is 4.90 Å². The lowest BCUT2D eigenvalue weighted by molar-refractivity contribution is -0.131. The van der Waals surface area contributed by atoms with Crippen molar-refractivity contribution in [2.75, 3.05) is 18.8 Å². The number of nitrogens with zero attached hydrogens (tertiary/aromatic N) is 1. The van der Waals surface area contributed by atoms with E-state index in [4.69, 9.17) is 10.8 Å². The first-order chi connectivity index (χ1) is 9.99. The van der Waals surface area contributed by atoms with Gasteiger partial charge in [0.25, 0.3) is 0 Å². The Hall–Kier alpha value is -2.04. The van der Waals surface area contributed by atoms with E-state index in [2.05, 4.69) is 0 Å². The normalized spacial score (nSPS) is 10.4. The maximum atomic E-state index is 12.0. The van der Waals surface area contributed by atoms with E-state index in [-0.39, 0.29) is 11.5 Å². The molecule has 0 heterocycles. The molecule has 0 aromatic heterocycles. The van der Waals surface area contributed by atoms with Crippen molar-refractivity contribution >= 4 is 17.6 Å². The Morgan fingerprint density at radius 1 is 1.19 bits per heavy atom. The van der Waals surface area contributed by atoms with Crippen LogP contribution in [0.3, 0.4) is 0 Å².